The lowest BCUT2D eigenvalue weighted by atomic mass is 10.1. The minimum absolute atomic E-state index is 0.0229. The number of anilines is 2. The van der Waals surface area contributed by atoms with E-state index in [1.807, 2.05) is 0 Å². The monoisotopic (exact) mass is 288 g/mol. The van der Waals surface area contributed by atoms with E-state index in [9.17, 15) is 9.59 Å². The summed E-state index contributed by atoms with van der Waals surface area (Å²) >= 11 is 0. The molecule has 2 amide bonds. The molecule has 1 aliphatic carbocycles. The summed E-state index contributed by atoms with van der Waals surface area (Å²) in [7, 11) is 0. The molecule has 1 aromatic rings. The molecule has 1 saturated heterocycles. The Bertz CT molecular complexity index is 561. The third-order valence-corrected chi connectivity index (χ3v) is 4.45. The van der Waals surface area contributed by atoms with Crippen molar-refractivity contribution in [2.75, 3.05) is 23.7 Å². The van der Waals surface area contributed by atoms with Crippen LogP contribution in [-0.2, 0) is 9.59 Å². The first-order chi connectivity index (χ1) is 10.2. The molecule has 1 saturated carbocycles. The van der Waals surface area contributed by atoms with Crippen molar-refractivity contribution in [1.29, 1.82) is 0 Å². The highest BCUT2D eigenvalue weighted by Gasteiger charge is 2.38. The quantitative estimate of drug-likeness (QED) is 0.803. The van der Waals surface area contributed by atoms with Gasteiger partial charge in [-0.05, 0) is 38.2 Å². The second kappa shape index (κ2) is 5.81. The van der Waals surface area contributed by atoms with Gasteiger partial charge in [-0.15, -0.1) is 0 Å². The maximum Gasteiger partial charge on any atom is 0.238 e. The van der Waals surface area contributed by atoms with Gasteiger partial charge in [-0.2, -0.15) is 0 Å². The molecular formula is C15H20N4O2. The van der Waals surface area contributed by atoms with Gasteiger partial charge < -0.3 is 10.6 Å². The lowest BCUT2D eigenvalue weighted by Gasteiger charge is -2.25. The lowest BCUT2D eigenvalue weighted by molar-refractivity contribution is -0.117. The SMILES string of the molecule is Cc1ncc(NC(=O)CN2CC3CCC2C3)cc1NC=O. The Hall–Kier alpha value is -1.95. The van der Waals surface area contributed by atoms with Crippen LogP contribution >= 0.6 is 0 Å². The molecule has 2 N–H and O–H groups in total. The third-order valence-electron chi connectivity index (χ3n) is 4.45. The average molecular weight is 288 g/mol. The zero-order chi connectivity index (χ0) is 14.8. The van der Waals surface area contributed by atoms with E-state index >= 15 is 0 Å². The molecule has 6 nitrogen and oxygen atoms in total. The summed E-state index contributed by atoms with van der Waals surface area (Å²) in [4.78, 5) is 29.1. The summed E-state index contributed by atoms with van der Waals surface area (Å²) in [5, 5.41) is 5.44. The van der Waals surface area contributed by atoms with Gasteiger partial charge in [0.05, 0.1) is 29.8 Å². The van der Waals surface area contributed by atoms with Crippen LogP contribution in [0.1, 0.15) is 25.0 Å². The molecule has 2 bridgehead atoms. The summed E-state index contributed by atoms with van der Waals surface area (Å²) in [5.41, 5.74) is 1.94. The minimum atomic E-state index is -0.0229. The van der Waals surface area contributed by atoms with Gasteiger partial charge >= 0.3 is 0 Å². The molecule has 0 radical (unpaired) electrons. The van der Waals surface area contributed by atoms with Crippen molar-refractivity contribution < 1.29 is 9.59 Å². The number of amides is 2. The molecule has 0 spiro atoms. The lowest BCUT2D eigenvalue weighted by Crippen LogP contribution is -2.38. The minimum Gasteiger partial charge on any atom is -0.327 e. The fourth-order valence-electron chi connectivity index (χ4n) is 3.42. The van der Waals surface area contributed by atoms with Gasteiger partial charge in [0, 0.05) is 12.6 Å². The van der Waals surface area contributed by atoms with Crippen molar-refractivity contribution in [2.45, 2.75) is 32.2 Å². The summed E-state index contributed by atoms with van der Waals surface area (Å²) < 4.78 is 0. The van der Waals surface area contributed by atoms with Gasteiger partial charge in [-0.1, -0.05) is 0 Å². The molecule has 21 heavy (non-hydrogen) atoms. The number of hydrogen-bond acceptors (Lipinski definition) is 4. The number of aromatic nitrogens is 1. The van der Waals surface area contributed by atoms with E-state index < -0.39 is 0 Å². The molecule has 2 atom stereocenters. The van der Waals surface area contributed by atoms with Crippen LogP contribution in [0.25, 0.3) is 0 Å². The maximum atomic E-state index is 12.1. The Morgan fingerprint density at radius 2 is 2.38 bits per heavy atom. The van der Waals surface area contributed by atoms with Crippen LogP contribution in [-0.4, -0.2) is 41.3 Å². The van der Waals surface area contributed by atoms with Crippen molar-refractivity contribution in [3.63, 3.8) is 0 Å². The smallest absolute Gasteiger partial charge is 0.238 e. The number of carbonyl (C=O) groups is 2. The number of rotatable bonds is 5. The largest absolute Gasteiger partial charge is 0.327 e. The van der Waals surface area contributed by atoms with Crippen molar-refractivity contribution in [2.24, 2.45) is 5.92 Å². The summed E-state index contributed by atoms with van der Waals surface area (Å²) in [5.74, 6) is 0.762. The molecule has 2 unspecified atom stereocenters. The molecule has 2 aliphatic rings. The topological polar surface area (TPSA) is 74.3 Å². The number of hydrogen-bond donors (Lipinski definition) is 2. The van der Waals surface area contributed by atoms with Gasteiger partial charge in [0.1, 0.15) is 0 Å². The number of likely N-dealkylation sites (tertiary alicyclic amines) is 1. The Morgan fingerprint density at radius 3 is 3.05 bits per heavy atom. The van der Waals surface area contributed by atoms with E-state index in [1.54, 1.807) is 19.2 Å². The van der Waals surface area contributed by atoms with Gasteiger partial charge in [-0.3, -0.25) is 19.5 Å². The highest BCUT2D eigenvalue weighted by atomic mass is 16.2. The number of fused-ring (bicyclic) bond motifs is 2. The number of pyridine rings is 1. The molecule has 2 heterocycles. The Balaban J connectivity index is 1.59. The van der Waals surface area contributed by atoms with Crippen LogP contribution < -0.4 is 10.6 Å². The van der Waals surface area contributed by atoms with E-state index in [0.717, 1.165) is 18.2 Å². The molecule has 0 aromatic carbocycles. The molecule has 6 heteroatoms. The number of aryl methyl sites for hydroxylation is 1. The van der Waals surface area contributed by atoms with Crippen LogP contribution in [0.4, 0.5) is 11.4 Å². The van der Waals surface area contributed by atoms with Gasteiger partial charge in [0.2, 0.25) is 12.3 Å². The summed E-state index contributed by atoms with van der Waals surface area (Å²) in [6.45, 7) is 3.28. The number of carbonyl (C=O) groups excluding carboxylic acids is 2. The van der Waals surface area contributed by atoms with Gasteiger partial charge in [0.15, 0.2) is 0 Å². The average Bonchev–Trinajstić information content (AvgIpc) is 3.05. The Labute approximate surface area is 123 Å². The standard InChI is InChI=1S/C15H20N4O2/c1-10-14(17-9-20)5-12(6-16-10)18-15(21)8-19-7-11-2-3-13(19)4-11/h5-6,9,11,13H,2-4,7-8H2,1H3,(H,17,20)(H,18,21). The van der Waals surface area contributed by atoms with Crippen LogP contribution in [0.2, 0.25) is 0 Å². The van der Waals surface area contributed by atoms with Crippen LogP contribution in [0.5, 0.6) is 0 Å². The predicted octanol–water partition coefficient (Wildman–Crippen LogP) is 1.38. The Morgan fingerprint density at radius 1 is 1.52 bits per heavy atom. The fourth-order valence-corrected chi connectivity index (χ4v) is 3.42. The van der Waals surface area contributed by atoms with E-state index in [0.29, 0.717) is 30.4 Å². The Kier molecular flexibility index (Phi) is 3.88. The molecule has 1 aromatic heterocycles. The van der Waals surface area contributed by atoms with Crippen molar-refractivity contribution in [3.05, 3.63) is 18.0 Å². The zero-order valence-corrected chi connectivity index (χ0v) is 12.1. The fraction of sp³-hybridized carbons (Fsp3) is 0.533. The highest BCUT2D eigenvalue weighted by molar-refractivity contribution is 5.93. The normalized spacial score (nSPS) is 24.0. The van der Waals surface area contributed by atoms with Crippen LogP contribution in [0.15, 0.2) is 12.3 Å². The molecule has 2 fully saturated rings. The molecule has 3 rings (SSSR count). The zero-order valence-electron chi connectivity index (χ0n) is 12.1. The van der Waals surface area contributed by atoms with Crippen molar-refractivity contribution >= 4 is 23.7 Å². The van der Waals surface area contributed by atoms with Gasteiger partial charge in [0.25, 0.3) is 0 Å². The second-order valence-corrected chi connectivity index (χ2v) is 5.93. The molecule has 1 aliphatic heterocycles. The number of nitrogens with zero attached hydrogens (tertiary/aromatic N) is 2. The third kappa shape index (κ3) is 3.05. The van der Waals surface area contributed by atoms with Crippen molar-refractivity contribution in [1.82, 2.24) is 9.88 Å². The van der Waals surface area contributed by atoms with Crippen molar-refractivity contribution in [3.8, 4) is 0 Å². The van der Waals surface area contributed by atoms with E-state index in [2.05, 4.69) is 20.5 Å². The second-order valence-electron chi connectivity index (χ2n) is 5.93. The number of piperidine rings is 1. The predicted molar refractivity (Wildman–Crippen MR) is 80.0 cm³/mol. The van der Waals surface area contributed by atoms with E-state index in [4.69, 9.17) is 0 Å². The van der Waals surface area contributed by atoms with Crippen LogP contribution in [0, 0.1) is 12.8 Å². The number of nitrogens with one attached hydrogen (secondary N) is 2. The summed E-state index contributed by atoms with van der Waals surface area (Å²) in [6.07, 6.45) is 5.99. The molecular weight excluding hydrogens is 268 g/mol. The van der Waals surface area contributed by atoms with E-state index in [-0.39, 0.29) is 5.91 Å². The van der Waals surface area contributed by atoms with E-state index in [1.165, 1.54) is 19.3 Å². The van der Waals surface area contributed by atoms with Crippen LogP contribution in [0.3, 0.4) is 0 Å². The summed E-state index contributed by atoms with van der Waals surface area (Å²) in [6, 6.07) is 2.31. The maximum absolute atomic E-state index is 12.1. The first-order valence-corrected chi connectivity index (χ1v) is 7.36. The first-order valence-electron chi connectivity index (χ1n) is 7.36. The first kappa shape index (κ1) is 14.0. The van der Waals surface area contributed by atoms with Gasteiger partial charge in [-0.25, -0.2) is 0 Å². The highest BCUT2D eigenvalue weighted by Crippen LogP contribution is 2.36. The molecule has 112 valence electrons.